The van der Waals surface area contributed by atoms with Crippen molar-refractivity contribution < 1.29 is 14.3 Å². The molecule has 80 valence electrons. The molecule has 0 aliphatic carbocycles. The summed E-state index contributed by atoms with van der Waals surface area (Å²) >= 11 is 0. The van der Waals surface area contributed by atoms with Crippen LogP contribution in [0, 0.1) is 0 Å². The molecule has 0 amide bonds. The van der Waals surface area contributed by atoms with E-state index in [0.29, 0.717) is 5.88 Å². The molecule has 0 fully saturated rings. The fourth-order valence-electron chi connectivity index (χ4n) is 1.07. The molecule has 0 unspecified atom stereocenters. The Bertz CT molecular complexity index is 361. The van der Waals surface area contributed by atoms with Gasteiger partial charge in [-0.05, 0) is 12.1 Å². The second-order valence-electron chi connectivity index (χ2n) is 2.78. The van der Waals surface area contributed by atoms with Crippen LogP contribution >= 0.6 is 0 Å². The van der Waals surface area contributed by atoms with E-state index in [-0.39, 0.29) is 12.4 Å². The summed E-state index contributed by atoms with van der Waals surface area (Å²) < 4.78 is 9.56. The molecule has 0 aromatic carbocycles. The Morgan fingerprint density at radius 3 is 3.00 bits per heavy atom. The van der Waals surface area contributed by atoms with Gasteiger partial charge in [-0.3, -0.25) is 4.79 Å². The topological polar surface area (TPSA) is 48.4 Å². The van der Waals surface area contributed by atoms with Crippen LogP contribution < -0.4 is 4.74 Å². The number of esters is 1. The van der Waals surface area contributed by atoms with E-state index < -0.39 is 0 Å². The minimum Gasteiger partial charge on any atom is -0.481 e. The second kappa shape index (κ2) is 5.80. The number of hydrogen-bond acceptors (Lipinski definition) is 4. The van der Waals surface area contributed by atoms with Crippen LogP contribution in [0.25, 0.3) is 6.08 Å². The zero-order valence-corrected chi connectivity index (χ0v) is 8.77. The predicted molar refractivity (Wildman–Crippen MR) is 56.5 cm³/mol. The number of nitrogens with zero attached hydrogens (tertiary/aromatic N) is 1. The summed E-state index contributed by atoms with van der Waals surface area (Å²) in [4.78, 5) is 14.9. The molecule has 4 heteroatoms. The number of carbonyl (C=O) groups excluding carboxylic acids is 1. The van der Waals surface area contributed by atoms with Crippen molar-refractivity contribution in [1.29, 1.82) is 0 Å². The lowest BCUT2D eigenvalue weighted by Gasteiger charge is -2.01. The highest BCUT2D eigenvalue weighted by Crippen LogP contribution is 2.15. The summed E-state index contributed by atoms with van der Waals surface area (Å²) in [6.45, 7) is 0. The van der Waals surface area contributed by atoms with Gasteiger partial charge in [-0.25, -0.2) is 4.98 Å². The van der Waals surface area contributed by atoms with Crippen molar-refractivity contribution in [2.45, 2.75) is 6.42 Å². The maximum Gasteiger partial charge on any atom is 0.309 e. The normalized spacial score (nSPS) is 10.3. The SMILES string of the molecule is COC(=O)CC=Cc1cccnc1OC. The third kappa shape index (κ3) is 3.42. The summed E-state index contributed by atoms with van der Waals surface area (Å²) in [6, 6.07) is 3.67. The molecule has 0 radical (unpaired) electrons. The number of ether oxygens (including phenoxy) is 2. The Kier molecular flexibility index (Phi) is 4.34. The van der Waals surface area contributed by atoms with E-state index in [9.17, 15) is 4.79 Å². The Hall–Kier alpha value is -1.84. The molecule has 0 N–H and O–H groups in total. The zero-order valence-electron chi connectivity index (χ0n) is 8.77. The van der Waals surface area contributed by atoms with E-state index in [1.54, 1.807) is 31.5 Å². The Balaban J connectivity index is 2.67. The number of hydrogen-bond donors (Lipinski definition) is 0. The lowest BCUT2D eigenvalue weighted by Crippen LogP contribution is -1.96. The van der Waals surface area contributed by atoms with Crippen LogP contribution in [0.2, 0.25) is 0 Å². The van der Waals surface area contributed by atoms with Crippen LogP contribution in [0.5, 0.6) is 5.88 Å². The largest absolute Gasteiger partial charge is 0.481 e. The molecule has 1 rings (SSSR count). The van der Waals surface area contributed by atoms with Crippen LogP contribution in [-0.4, -0.2) is 25.2 Å². The molecule has 0 bridgehead atoms. The van der Waals surface area contributed by atoms with Gasteiger partial charge in [0.2, 0.25) is 5.88 Å². The van der Waals surface area contributed by atoms with Crippen LogP contribution in [-0.2, 0) is 9.53 Å². The second-order valence-corrected chi connectivity index (χ2v) is 2.78. The quantitative estimate of drug-likeness (QED) is 0.704. The summed E-state index contributed by atoms with van der Waals surface area (Å²) in [5, 5.41) is 0. The maximum absolute atomic E-state index is 10.8. The van der Waals surface area contributed by atoms with Gasteiger partial charge in [0, 0.05) is 11.8 Å². The molecule has 0 spiro atoms. The first kappa shape index (κ1) is 11.2. The lowest BCUT2D eigenvalue weighted by atomic mass is 10.2. The van der Waals surface area contributed by atoms with Gasteiger partial charge >= 0.3 is 5.97 Å². The monoisotopic (exact) mass is 207 g/mol. The van der Waals surface area contributed by atoms with Crippen molar-refractivity contribution in [1.82, 2.24) is 4.98 Å². The number of methoxy groups -OCH3 is 2. The summed E-state index contributed by atoms with van der Waals surface area (Å²) in [5.74, 6) is 0.271. The van der Waals surface area contributed by atoms with Gasteiger partial charge in [0.15, 0.2) is 0 Å². The summed E-state index contributed by atoms with van der Waals surface area (Å²) in [6.07, 6.45) is 5.39. The lowest BCUT2D eigenvalue weighted by molar-refractivity contribution is -0.139. The van der Waals surface area contributed by atoms with Gasteiger partial charge in [-0.15, -0.1) is 0 Å². The molecule has 0 atom stereocenters. The number of carbonyl (C=O) groups is 1. The van der Waals surface area contributed by atoms with E-state index in [2.05, 4.69) is 9.72 Å². The van der Waals surface area contributed by atoms with Crippen LogP contribution in [0.3, 0.4) is 0 Å². The van der Waals surface area contributed by atoms with Crippen LogP contribution in [0.4, 0.5) is 0 Å². The molecule has 0 aliphatic rings. The highest BCUT2D eigenvalue weighted by Gasteiger charge is 1.99. The van der Waals surface area contributed by atoms with Gasteiger partial charge in [-0.1, -0.05) is 12.2 Å². The van der Waals surface area contributed by atoms with Crippen LogP contribution in [0.1, 0.15) is 12.0 Å². The van der Waals surface area contributed by atoms with E-state index >= 15 is 0 Å². The molecule has 0 saturated heterocycles. The molecule has 1 aromatic rings. The molecular formula is C11H13NO3. The number of aromatic nitrogens is 1. The van der Waals surface area contributed by atoms with Gasteiger partial charge in [0.05, 0.1) is 20.6 Å². The molecule has 1 heterocycles. The van der Waals surface area contributed by atoms with Gasteiger partial charge < -0.3 is 9.47 Å². The van der Waals surface area contributed by atoms with Crippen molar-refractivity contribution in [3.8, 4) is 5.88 Å². The minimum atomic E-state index is -0.269. The first-order valence-corrected chi connectivity index (χ1v) is 4.50. The van der Waals surface area contributed by atoms with Crippen LogP contribution in [0.15, 0.2) is 24.4 Å². The Labute approximate surface area is 88.5 Å². The fourth-order valence-corrected chi connectivity index (χ4v) is 1.07. The average molecular weight is 207 g/mol. The van der Waals surface area contributed by atoms with E-state index in [1.807, 2.05) is 6.07 Å². The molecule has 1 aromatic heterocycles. The summed E-state index contributed by atoms with van der Waals surface area (Å²) in [7, 11) is 2.92. The molecule has 0 aliphatic heterocycles. The number of pyridine rings is 1. The van der Waals surface area contributed by atoms with E-state index in [4.69, 9.17) is 4.74 Å². The third-order valence-corrected chi connectivity index (χ3v) is 1.80. The molecule has 4 nitrogen and oxygen atoms in total. The fraction of sp³-hybridized carbons (Fsp3) is 0.273. The number of rotatable bonds is 4. The summed E-state index contributed by atoms with van der Waals surface area (Å²) in [5.41, 5.74) is 0.837. The maximum atomic E-state index is 10.8. The third-order valence-electron chi connectivity index (χ3n) is 1.80. The average Bonchev–Trinajstić information content (AvgIpc) is 2.29. The van der Waals surface area contributed by atoms with Gasteiger partial charge in [0.25, 0.3) is 0 Å². The van der Waals surface area contributed by atoms with Crippen molar-refractivity contribution >= 4 is 12.0 Å². The van der Waals surface area contributed by atoms with E-state index in [0.717, 1.165) is 5.56 Å². The molecular weight excluding hydrogens is 194 g/mol. The Morgan fingerprint density at radius 1 is 1.53 bits per heavy atom. The standard InChI is InChI=1S/C11H13NO3/c1-14-10(13)7-3-5-9-6-4-8-12-11(9)15-2/h3-6,8H,7H2,1-2H3. The van der Waals surface area contributed by atoms with Crippen molar-refractivity contribution in [3.63, 3.8) is 0 Å². The smallest absolute Gasteiger partial charge is 0.309 e. The highest BCUT2D eigenvalue weighted by molar-refractivity contribution is 5.72. The van der Waals surface area contributed by atoms with Crippen molar-refractivity contribution in [3.05, 3.63) is 30.0 Å². The zero-order chi connectivity index (χ0) is 11.1. The molecule has 0 saturated carbocycles. The highest BCUT2D eigenvalue weighted by atomic mass is 16.5. The van der Waals surface area contributed by atoms with Crippen molar-refractivity contribution in [2.24, 2.45) is 0 Å². The molecule has 15 heavy (non-hydrogen) atoms. The Morgan fingerprint density at radius 2 is 2.33 bits per heavy atom. The minimum absolute atomic E-state index is 0.245. The van der Waals surface area contributed by atoms with Crippen molar-refractivity contribution in [2.75, 3.05) is 14.2 Å². The first-order chi connectivity index (χ1) is 7.27. The predicted octanol–water partition coefficient (Wildman–Crippen LogP) is 1.67. The van der Waals surface area contributed by atoms with E-state index in [1.165, 1.54) is 7.11 Å². The first-order valence-electron chi connectivity index (χ1n) is 4.50. The van der Waals surface area contributed by atoms with Gasteiger partial charge in [0.1, 0.15) is 0 Å². The van der Waals surface area contributed by atoms with Gasteiger partial charge in [-0.2, -0.15) is 0 Å².